The maximum absolute atomic E-state index is 12.4. The number of thioether (sulfide) groups is 1. The second-order valence-electron chi connectivity index (χ2n) is 6.72. The highest BCUT2D eigenvalue weighted by atomic mass is 32.2. The quantitative estimate of drug-likeness (QED) is 0.607. The van der Waals surface area contributed by atoms with Gasteiger partial charge >= 0.3 is 0 Å². The highest BCUT2D eigenvalue weighted by Gasteiger charge is 2.17. The van der Waals surface area contributed by atoms with Gasteiger partial charge < -0.3 is 9.80 Å². The van der Waals surface area contributed by atoms with E-state index in [0.717, 1.165) is 15.6 Å². The molecule has 0 fully saturated rings. The lowest BCUT2D eigenvalue weighted by molar-refractivity contribution is -0.127. The van der Waals surface area contributed by atoms with Gasteiger partial charge in [0.05, 0.1) is 10.8 Å². The van der Waals surface area contributed by atoms with Gasteiger partial charge in [-0.3, -0.25) is 4.79 Å². The Morgan fingerprint density at radius 2 is 1.64 bits per heavy atom. The molecule has 1 heterocycles. The minimum Gasteiger partial charge on any atom is -0.378 e. The van der Waals surface area contributed by atoms with Gasteiger partial charge in [-0.2, -0.15) is 0 Å². The first-order valence-electron chi connectivity index (χ1n) is 8.63. The fraction of sp³-hybridized carbons (Fsp3) is 0.368. The van der Waals surface area contributed by atoms with Gasteiger partial charge in [-0.05, 0) is 29.8 Å². The highest BCUT2D eigenvalue weighted by Crippen LogP contribution is 2.19. The molecule has 0 saturated carbocycles. The van der Waals surface area contributed by atoms with Crippen LogP contribution < -0.4 is 4.90 Å². The molecule has 0 bridgehead atoms. The fourth-order valence-electron chi connectivity index (χ4n) is 2.32. The summed E-state index contributed by atoms with van der Waals surface area (Å²) in [5, 5.41) is 0.606. The molecule has 0 aliphatic rings. The molecule has 152 valence electrons. The predicted octanol–water partition coefficient (Wildman–Crippen LogP) is 2.15. The van der Waals surface area contributed by atoms with Crippen LogP contribution in [0.1, 0.15) is 5.56 Å². The Bertz CT molecular complexity index is 896. The number of sulfonamides is 1. The normalized spacial score (nSPS) is 11.5. The lowest BCUT2D eigenvalue weighted by Gasteiger charge is -2.18. The molecule has 1 aromatic carbocycles. The van der Waals surface area contributed by atoms with E-state index in [-0.39, 0.29) is 16.6 Å². The van der Waals surface area contributed by atoms with Crippen molar-refractivity contribution in [2.24, 2.45) is 0 Å². The third-order valence-electron chi connectivity index (χ3n) is 4.13. The van der Waals surface area contributed by atoms with E-state index >= 15 is 0 Å². The minimum absolute atomic E-state index is 0.0199. The monoisotopic (exact) mass is 422 g/mol. The number of carbonyl (C=O) groups is 1. The Balaban J connectivity index is 1.90. The summed E-state index contributed by atoms with van der Waals surface area (Å²) in [5.41, 5.74) is 2.17. The van der Waals surface area contributed by atoms with Crippen LogP contribution in [-0.2, 0) is 21.4 Å². The van der Waals surface area contributed by atoms with Crippen LogP contribution in [0.15, 0.2) is 52.5 Å². The van der Waals surface area contributed by atoms with Crippen LogP contribution in [0.3, 0.4) is 0 Å². The first kappa shape index (κ1) is 22.2. The summed E-state index contributed by atoms with van der Waals surface area (Å²) in [7, 11) is 5.18. The van der Waals surface area contributed by atoms with Crippen molar-refractivity contribution < 1.29 is 13.2 Å². The molecule has 2 rings (SSSR count). The number of nitrogens with zero attached hydrogens (tertiary/aromatic N) is 4. The van der Waals surface area contributed by atoms with Crippen LogP contribution in [0.4, 0.5) is 5.69 Å². The summed E-state index contributed by atoms with van der Waals surface area (Å²) < 4.78 is 25.2. The lowest BCUT2D eigenvalue weighted by atomic mass is 10.2. The van der Waals surface area contributed by atoms with Gasteiger partial charge in [0, 0.05) is 53.7 Å². The molecule has 1 amide bonds. The van der Waals surface area contributed by atoms with Crippen molar-refractivity contribution >= 4 is 33.4 Å². The molecule has 0 saturated heterocycles. The maximum atomic E-state index is 12.4. The molecule has 0 aliphatic heterocycles. The summed E-state index contributed by atoms with van der Waals surface area (Å²) >= 11 is 1.28. The van der Waals surface area contributed by atoms with Gasteiger partial charge in [-0.1, -0.05) is 23.9 Å². The average Bonchev–Trinajstić information content (AvgIpc) is 2.66. The zero-order valence-corrected chi connectivity index (χ0v) is 18.4. The van der Waals surface area contributed by atoms with E-state index in [4.69, 9.17) is 0 Å². The third kappa shape index (κ3) is 5.70. The zero-order chi connectivity index (χ0) is 20.9. The van der Waals surface area contributed by atoms with E-state index in [1.54, 1.807) is 18.0 Å². The molecule has 28 heavy (non-hydrogen) atoms. The number of rotatable bonds is 8. The van der Waals surface area contributed by atoms with Crippen molar-refractivity contribution in [3.05, 3.63) is 48.2 Å². The standard InChI is InChI=1S/C19H26N4O3S2/c1-21(2)16-8-6-15(7-9-16)13-23(5)19(24)14-27-18-11-10-17(12-20-18)28(25,26)22(3)4/h6-12H,13-14H2,1-5H3. The Morgan fingerprint density at radius 1 is 1.00 bits per heavy atom. The van der Waals surface area contributed by atoms with E-state index in [2.05, 4.69) is 4.98 Å². The zero-order valence-electron chi connectivity index (χ0n) is 16.8. The largest absolute Gasteiger partial charge is 0.378 e. The number of aromatic nitrogens is 1. The van der Waals surface area contributed by atoms with Crippen LogP contribution in [0.5, 0.6) is 0 Å². The molecular weight excluding hydrogens is 396 g/mol. The number of amides is 1. The lowest BCUT2D eigenvalue weighted by Crippen LogP contribution is -2.27. The molecule has 2 aromatic rings. The molecule has 7 nitrogen and oxygen atoms in total. The second kappa shape index (κ2) is 9.40. The van der Waals surface area contributed by atoms with Crippen LogP contribution in [0.25, 0.3) is 0 Å². The van der Waals surface area contributed by atoms with Crippen LogP contribution in [-0.4, -0.2) is 69.5 Å². The summed E-state index contributed by atoms with van der Waals surface area (Å²) in [6, 6.07) is 11.2. The Hall–Kier alpha value is -2.10. The van der Waals surface area contributed by atoms with Gasteiger partial charge in [-0.25, -0.2) is 17.7 Å². The van der Waals surface area contributed by atoms with Gasteiger partial charge in [0.1, 0.15) is 4.90 Å². The second-order valence-corrected chi connectivity index (χ2v) is 9.87. The smallest absolute Gasteiger partial charge is 0.244 e. The molecule has 0 unspecified atom stereocenters. The van der Waals surface area contributed by atoms with Crippen molar-refractivity contribution in [3.63, 3.8) is 0 Å². The van der Waals surface area contributed by atoms with Crippen LogP contribution in [0, 0.1) is 0 Å². The number of hydrogen-bond donors (Lipinski definition) is 0. The first-order chi connectivity index (χ1) is 13.1. The van der Waals surface area contributed by atoms with Crippen molar-refractivity contribution in [1.82, 2.24) is 14.2 Å². The van der Waals surface area contributed by atoms with E-state index in [1.165, 1.54) is 38.1 Å². The number of carbonyl (C=O) groups excluding carboxylic acids is 1. The van der Waals surface area contributed by atoms with E-state index < -0.39 is 10.0 Å². The molecule has 0 atom stereocenters. The summed E-state index contributed by atoms with van der Waals surface area (Å²) in [5.74, 6) is 0.215. The maximum Gasteiger partial charge on any atom is 0.244 e. The fourth-order valence-corrected chi connectivity index (χ4v) is 3.95. The Labute approximate surface area is 171 Å². The molecule has 1 aromatic heterocycles. The Kier molecular flexibility index (Phi) is 7.45. The van der Waals surface area contributed by atoms with Gasteiger partial charge in [0.2, 0.25) is 15.9 Å². The molecular formula is C19H26N4O3S2. The topological polar surface area (TPSA) is 73.8 Å². The highest BCUT2D eigenvalue weighted by molar-refractivity contribution is 7.99. The first-order valence-corrected chi connectivity index (χ1v) is 11.1. The van der Waals surface area contributed by atoms with Crippen molar-refractivity contribution in [1.29, 1.82) is 0 Å². The van der Waals surface area contributed by atoms with Gasteiger partial charge in [0.25, 0.3) is 0 Å². The van der Waals surface area contributed by atoms with E-state index in [1.807, 2.05) is 43.3 Å². The summed E-state index contributed by atoms with van der Waals surface area (Å²) in [6.45, 7) is 0.528. The number of hydrogen-bond acceptors (Lipinski definition) is 6. The summed E-state index contributed by atoms with van der Waals surface area (Å²) in [6.07, 6.45) is 1.32. The number of benzene rings is 1. The molecule has 9 heteroatoms. The number of anilines is 1. The van der Waals surface area contributed by atoms with Crippen molar-refractivity contribution in [2.45, 2.75) is 16.5 Å². The number of pyridine rings is 1. The molecule has 0 radical (unpaired) electrons. The van der Waals surface area contributed by atoms with E-state index in [9.17, 15) is 13.2 Å². The molecule has 0 aliphatic carbocycles. The SMILES string of the molecule is CN(Cc1ccc(N(C)C)cc1)C(=O)CSc1ccc(S(=O)(=O)N(C)C)cn1. The predicted molar refractivity (Wildman–Crippen MR) is 113 cm³/mol. The molecule has 0 spiro atoms. The summed E-state index contributed by atoms with van der Waals surface area (Å²) in [4.78, 5) is 20.4. The minimum atomic E-state index is -3.50. The van der Waals surface area contributed by atoms with Crippen molar-refractivity contribution in [3.8, 4) is 0 Å². The van der Waals surface area contributed by atoms with Crippen LogP contribution >= 0.6 is 11.8 Å². The van der Waals surface area contributed by atoms with Gasteiger partial charge in [0.15, 0.2) is 0 Å². The average molecular weight is 423 g/mol. The van der Waals surface area contributed by atoms with Crippen LogP contribution in [0.2, 0.25) is 0 Å². The van der Waals surface area contributed by atoms with Crippen molar-refractivity contribution in [2.75, 3.05) is 45.9 Å². The van der Waals surface area contributed by atoms with Gasteiger partial charge in [-0.15, -0.1) is 0 Å². The Morgan fingerprint density at radius 3 is 2.14 bits per heavy atom. The molecule has 0 N–H and O–H groups in total. The van der Waals surface area contributed by atoms with E-state index in [0.29, 0.717) is 11.6 Å². The third-order valence-corrected chi connectivity index (χ3v) is 6.86.